The minimum absolute atomic E-state index is 0.145. The first-order valence-electron chi connectivity index (χ1n) is 7.28. The zero-order valence-electron chi connectivity index (χ0n) is 12.9. The number of carbonyl (C=O) groups excluding carboxylic acids is 1. The van der Waals surface area contributed by atoms with Crippen molar-refractivity contribution >= 4 is 45.6 Å². The molecule has 1 aliphatic rings. The van der Waals surface area contributed by atoms with Crippen molar-refractivity contribution in [3.05, 3.63) is 16.0 Å². The maximum Gasteiger partial charge on any atom is 0.433 e. The maximum atomic E-state index is 11.6. The summed E-state index contributed by atoms with van der Waals surface area (Å²) in [6, 6.07) is 1.80. The summed E-state index contributed by atoms with van der Waals surface area (Å²) in [6.45, 7) is 4.69. The average Bonchev–Trinajstić information content (AvgIpc) is 2.87. The van der Waals surface area contributed by atoms with Crippen LogP contribution in [0.2, 0.25) is 4.34 Å². The molecule has 0 aliphatic carbocycles. The van der Waals surface area contributed by atoms with E-state index in [0.29, 0.717) is 22.6 Å². The number of aliphatic imine (C=N–C) groups is 2. The molecule has 0 N–H and O–H groups in total. The summed E-state index contributed by atoms with van der Waals surface area (Å²) in [6.07, 6.45) is 1.98. The van der Waals surface area contributed by atoms with Gasteiger partial charge in [-0.3, -0.25) is 0 Å². The molecule has 2 heterocycles. The van der Waals surface area contributed by atoms with Gasteiger partial charge in [-0.2, -0.15) is 4.99 Å². The second kappa shape index (κ2) is 7.74. The standard InChI is InChI=1S/C15H19ClN2O3S/c1-4-6-9-12(17-15(19)20-3)10-8-11(16)22-14(10)18-13(9)21-7-5-2/h8-9H,4-7H2,1-3H3/b17-12+. The third-order valence-electron chi connectivity index (χ3n) is 3.22. The summed E-state index contributed by atoms with van der Waals surface area (Å²) in [4.78, 5) is 20.3. The lowest BCUT2D eigenvalue weighted by molar-refractivity contribution is 0.182. The normalized spacial score (nSPS) is 18.8. The van der Waals surface area contributed by atoms with Gasteiger partial charge < -0.3 is 9.47 Å². The SMILES string of the molecule is CCCOC1=Nc2sc(Cl)cc2/C(=N/C(=O)OC)C1CCC. The lowest BCUT2D eigenvalue weighted by atomic mass is 9.91. The molecular weight excluding hydrogens is 324 g/mol. The molecule has 1 amide bonds. The minimum atomic E-state index is -0.624. The first kappa shape index (κ1) is 17.0. The quantitative estimate of drug-likeness (QED) is 0.786. The van der Waals surface area contributed by atoms with Gasteiger partial charge in [0.2, 0.25) is 0 Å². The Morgan fingerprint density at radius 3 is 2.86 bits per heavy atom. The molecule has 22 heavy (non-hydrogen) atoms. The van der Waals surface area contributed by atoms with E-state index in [0.717, 1.165) is 29.8 Å². The van der Waals surface area contributed by atoms with Gasteiger partial charge >= 0.3 is 6.09 Å². The molecule has 0 saturated heterocycles. The van der Waals surface area contributed by atoms with E-state index in [4.69, 9.17) is 16.3 Å². The van der Waals surface area contributed by atoms with Gasteiger partial charge in [-0.05, 0) is 18.9 Å². The third-order valence-corrected chi connectivity index (χ3v) is 4.37. The lowest BCUT2D eigenvalue weighted by Gasteiger charge is -2.24. The zero-order chi connectivity index (χ0) is 16.1. The van der Waals surface area contributed by atoms with E-state index in [1.165, 1.54) is 18.4 Å². The van der Waals surface area contributed by atoms with E-state index < -0.39 is 6.09 Å². The van der Waals surface area contributed by atoms with Crippen LogP contribution in [0.25, 0.3) is 0 Å². The van der Waals surface area contributed by atoms with Crippen LogP contribution in [-0.2, 0) is 9.47 Å². The van der Waals surface area contributed by atoms with Crippen LogP contribution in [-0.4, -0.2) is 31.4 Å². The summed E-state index contributed by atoms with van der Waals surface area (Å²) >= 11 is 7.45. The van der Waals surface area contributed by atoms with Gasteiger partial charge in [0.1, 0.15) is 5.00 Å². The summed E-state index contributed by atoms with van der Waals surface area (Å²) < 4.78 is 11.1. The summed E-state index contributed by atoms with van der Waals surface area (Å²) in [5, 5.41) is 0.728. The largest absolute Gasteiger partial charge is 0.480 e. The van der Waals surface area contributed by atoms with Gasteiger partial charge in [0.25, 0.3) is 0 Å². The fourth-order valence-electron chi connectivity index (χ4n) is 2.27. The third kappa shape index (κ3) is 3.67. The number of nitrogens with zero attached hydrogens (tertiary/aromatic N) is 2. The van der Waals surface area contributed by atoms with Crippen molar-refractivity contribution < 1.29 is 14.3 Å². The second-order valence-corrected chi connectivity index (χ2v) is 6.54. The molecule has 0 aromatic carbocycles. The van der Waals surface area contributed by atoms with Crippen molar-refractivity contribution in [3.63, 3.8) is 0 Å². The molecule has 0 saturated carbocycles. The predicted molar refractivity (Wildman–Crippen MR) is 90.0 cm³/mol. The summed E-state index contributed by atoms with van der Waals surface area (Å²) in [7, 11) is 1.31. The molecule has 0 radical (unpaired) electrons. The summed E-state index contributed by atoms with van der Waals surface area (Å²) in [5.74, 6) is 0.464. The predicted octanol–water partition coefficient (Wildman–Crippen LogP) is 4.84. The van der Waals surface area contributed by atoms with Gasteiger partial charge in [0.05, 0.1) is 29.7 Å². The molecule has 1 aliphatic heterocycles. The molecule has 120 valence electrons. The maximum absolute atomic E-state index is 11.6. The van der Waals surface area contributed by atoms with Gasteiger partial charge in [-0.1, -0.05) is 31.9 Å². The molecule has 5 nitrogen and oxygen atoms in total. The highest BCUT2D eigenvalue weighted by Crippen LogP contribution is 2.40. The molecule has 0 spiro atoms. The van der Waals surface area contributed by atoms with Crippen molar-refractivity contribution in [2.45, 2.75) is 33.1 Å². The Labute approximate surface area is 139 Å². The Kier molecular flexibility index (Phi) is 5.97. The van der Waals surface area contributed by atoms with Crippen LogP contribution in [0, 0.1) is 5.92 Å². The molecule has 1 atom stereocenters. The second-order valence-electron chi connectivity index (χ2n) is 4.88. The zero-order valence-corrected chi connectivity index (χ0v) is 14.5. The van der Waals surface area contributed by atoms with E-state index in [1.807, 2.05) is 6.92 Å². The minimum Gasteiger partial charge on any atom is -0.480 e. The molecule has 0 fully saturated rings. The number of halogens is 1. The van der Waals surface area contributed by atoms with Crippen LogP contribution < -0.4 is 0 Å². The van der Waals surface area contributed by atoms with Crippen LogP contribution in [0.5, 0.6) is 0 Å². The molecule has 1 unspecified atom stereocenters. The Bertz CT molecular complexity index is 610. The van der Waals surface area contributed by atoms with Gasteiger partial charge in [0, 0.05) is 5.56 Å². The average molecular weight is 343 g/mol. The Hall–Kier alpha value is -1.40. The number of carbonyl (C=O) groups is 1. The van der Waals surface area contributed by atoms with Crippen molar-refractivity contribution in [1.82, 2.24) is 0 Å². The van der Waals surface area contributed by atoms with E-state index >= 15 is 0 Å². The first-order valence-corrected chi connectivity index (χ1v) is 8.47. The summed E-state index contributed by atoms with van der Waals surface area (Å²) in [5.41, 5.74) is 1.43. The Balaban J connectivity index is 2.49. The fourth-order valence-corrected chi connectivity index (χ4v) is 3.37. The number of fused-ring (bicyclic) bond motifs is 1. The van der Waals surface area contributed by atoms with Crippen molar-refractivity contribution in [3.8, 4) is 0 Å². The highest BCUT2D eigenvalue weighted by Gasteiger charge is 2.32. The number of rotatable bonds is 4. The number of hydrogen-bond acceptors (Lipinski definition) is 5. The van der Waals surface area contributed by atoms with Crippen LogP contribution >= 0.6 is 22.9 Å². The molecular formula is C15H19ClN2O3S. The van der Waals surface area contributed by atoms with Gasteiger partial charge in [-0.15, -0.1) is 11.3 Å². The molecule has 1 aromatic heterocycles. The van der Waals surface area contributed by atoms with Crippen LogP contribution in [0.4, 0.5) is 9.80 Å². The van der Waals surface area contributed by atoms with Crippen LogP contribution in [0.15, 0.2) is 16.1 Å². The highest BCUT2D eigenvalue weighted by atomic mass is 35.5. The Morgan fingerprint density at radius 2 is 2.23 bits per heavy atom. The Morgan fingerprint density at radius 1 is 1.45 bits per heavy atom. The topological polar surface area (TPSA) is 60.2 Å². The fraction of sp³-hybridized carbons (Fsp3) is 0.533. The lowest BCUT2D eigenvalue weighted by Crippen LogP contribution is -2.30. The first-order chi connectivity index (χ1) is 10.6. The van der Waals surface area contributed by atoms with E-state index in [9.17, 15) is 4.79 Å². The number of amides is 1. The molecule has 0 bridgehead atoms. The van der Waals surface area contributed by atoms with Gasteiger partial charge in [-0.25, -0.2) is 9.79 Å². The molecule has 2 rings (SSSR count). The number of thiophene rings is 1. The number of ether oxygens (including phenoxy) is 2. The number of hydrogen-bond donors (Lipinski definition) is 0. The van der Waals surface area contributed by atoms with Crippen molar-refractivity contribution in [2.75, 3.05) is 13.7 Å². The number of methoxy groups -OCH3 is 1. The molecule has 7 heteroatoms. The monoisotopic (exact) mass is 342 g/mol. The molecule has 1 aromatic rings. The highest BCUT2D eigenvalue weighted by molar-refractivity contribution is 7.20. The smallest absolute Gasteiger partial charge is 0.433 e. The van der Waals surface area contributed by atoms with Crippen molar-refractivity contribution in [1.29, 1.82) is 0 Å². The van der Waals surface area contributed by atoms with E-state index in [-0.39, 0.29) is 5.92 Å². The van der Waals surface area contributed by atoms with E-state index in [1.54, 1.807) is 6.07 Å². The van der Waals surface area contributed by atoms with Crippen LogP contribution in [0.1, 0.15) is 38.7 Å². The van der Waals surface area contributed by atoms with E-state index in [2.05, 4.69) is 21.6 Å². The van der Waals surface area contributed by atoms with Gasteiger partial charge in [0.15, 0.2) is 5.90 Å². The van der Waals surface area contributed by atoms with Crippen molar-refractivity contribution in [2.24, 2.45) is 15.9 Å². The van der Waals surface area contributed by atoms with Crippen LogP contribution in [0.3, 0.4) is 0 Å².